The quantitative estimate of drug-likeness (QED) is 0.812. The van der Waals surface area contributed by atoms with E-state index >= 15 is 0 Å². The van der Waals surface area contributed by atoms with Crippen LogP contribution in [0.15, 0.2) is 0 Å². The van der Waals surface area contributed by atoms with E-state index < -0.39 is 0 Å². The van der Waals surface area contributed by atoms with Gasteiger partial charge in [0.25, 0.3) is 0 Å². The van der Waals surface area contributed by atoms with E-state index in [2.05, 4.69) is 31.1 Å². The van der Waals surface area contributed by atoms with Crippen LogP contribution in [0.2, 0.25) is 0 Å². The van der Waals surface area contributed by atoms with Crippen molar-refractivity contribution < 1.29 is 4.74 Å². The zero-order valence-electron chi connectivity index (χ0n) is 11.7. The molecule has 100 valence electrons. The number of rotatable bonds is 4. The molecule has 2 aliphatic rings. The maximum Gasteiger partial charge on any atom is 0.0666 e. The molecule has 2 rings (SSSR count). The van der Waals surface area contributed by atoms with Gasteiger partial charge in [-0.1, -0.05) is 6.92 Å². The molecule has 3 unspecified atom stereocenters. The van der Waals surface area contributed by atoms with Gasteiger partial charge in [-0.3, -0.25) is 4.90 Å². The van der Waals surface area contributed by atoms with Gasteiger partial charge in [-0.15, -0.1) is 0 Å². The van der Waals surface area contributed by atoms with Gasteiger partial charge in [0, 0.05) is 19.2 Å². The number of ether oxygens (including phenoxy) is 1. The first-order valence-corrected chi connectivity index (χ1v) is 7.19. The van der Waals surface area contributed by atoms with Gasteiger partial charge in [0.2, 0.25) is 0 Å². The molecule has 0 amide bonds. The van der Waals surface area contributed by atoms with Crippen LogP contribution in [0.1, 0.15) is 39.5 Å². The van der Waals surface area contributed by atoms with E-state index in [1.807, 2.05) is 0 Å². The van der Waals surface area contributed by atoms with Gasteiger partial charge in [0.05, 0.1) is 5.60 Å². The van der Waals surface area contributed by atoms with E-state index in [0.29, 0.717) is 0 Å². The third kappa shape index (κ3) is 3.21. The summed E-state index contributed by atoms with van der Waals surface area (Å²) in [6.45, 7) is 9.21. The Kier molecular flexibility index (Phi) is 4.45. The molecule has 0 aromatic carbocycles. The van der Waals surface area contributed by atoms with Crippen molar-refractivity contribution in [3.63, 3.8) is 0 Å². The molecule has 3 nitrogen and oxygen atoms in total. The molecular formula is C14H28N2O. The van der Waals surface area contributed by atoms with Gasteiger partial charge < -0.3 is 10.1 Å². The maximum absolute atomic E-state index is 5.94. The lowest BCUT2D eigenvalue weighted by molar-refractivity contribution is -0.0942. The predicted molar refractivity (Wildman–Crippen MR) is 71.3 cm³/mol. The fourth-order valence-electron chi connectivity index (χ4n) is 3.31. The lowest BCUT2D eigenvalue weighted by Crippen LogP contribution is -2.46. The molecule has 1 N–H and O–H groups in total. The Hall–Kier alpha value is -0.120. The van der Waals surface area contributed by atoms with Crippen molar-refractivity contribution in [2.45, 2.75) is 51.2 Å². The van der Waals surface area contributed by atoms with Gasteiger partial charge in [-0.2, -0.15) is 0 Å². The summed E-state index contributed by atoms with van der Waals surface area (Å²) in [6, 6.07) is 0.760. The lowest BCUT2D eigenvalue weighted by atomic mass is 9.89. The lowest BCUT2D eigenvalue weighted by Gasteiger charge is -2.41. The van der Waals surface area contributed by atoms with Gasteiger partial charge >= 0.3 is 0 Å². The van der Waals surface area contributed by atoms with Gasteiger partial charge in [0.1, 0.15) is 0 Å². The third-order valence-electron chi connectivity index (χ3n) is 4.64. The third-order valence-corrected chi connectivity index (χ3v) is 4.64. The average molecular weight is 240 g/mol. The van der Waals surface area contributed by atoms with Crippen LogP contribution in [0.4, 0.5) is 0 Å². The molecule has 2 heterocycles. The van der Waals surface area contributed by atoms with Crippen LogP contribution >= 0.6 is 0 Å². The summed E-state index contributed by atoms with van der Waals surface area (Å²) in [4.78, 5) is 2.71. The van der Waals surface area contributed by atoms with Crippen molar-refractivity contribution >= 4 is 0 Å². The highest BCUT2D eigenvalue weighted by atomic mass is 16.5. The van der Waals surface area contributed by atoms with Crippen molar-refractivity contribution in [2.75, 3.05) is 33.3 Å². The van der Waals surface area contributed by atoms with E-state index in [4.69, 9.17) is 4.74 Å². The second kappa shape index (κ2) is 5.68. The number of nitrogens with one attached hydrogen (secondary N) is 1. The van der Waals surface area contributed by atoms with Gasteiger partial charge in [-0.25, -0.2) is 0 Å². The fraction of sp³-hybridized carbons (Fsp3) is 1.00. The highest BCUT2D eigenvalue weighted by molar-refractivity contribution is 4.90. The zero-order chi connectivity index (χ0) is 12.3. The molecule has 3 heteroatoms. The van der Waals surface area contributed by atoms with Crippen LogP contribution in [0, 0.1) is 5.92 Å². The minimum atomic E-state index is 0.129. The molecular weight excluding hydrogens is 212 g/mol. The highest BCUT2D eigenvalue weighted by Gasteiger charge is 2.36. The first-order chi connectivity index (χ1) is 8.17. The molecule has 0 saturated carbocycles. The van der Waals surface area contributed by atoms with Crippen molar-refractivity contribution in [2.24, 2.45) is 5.92 Å². The topological polar surface area (TPSA) is 24.5 Å². The minimum Gasteiger partial charge on any atom is -0.375 e. The Bertz CT molecular complexity index is 246. The standard InChI is InChI=1S/C14H28N2O/c1-4-14(2)9-13(6-8-17-14)16-7-5-12(11-16)10-15-3/h12-13,15H,4-11H2,1-3H3. The summed E-state index contributed by atoms with van der Waals surface area (Å²) >= 11 is 0. The van der Waals surface area contributed by atoms with E-state index in [1.165, 1.54) is 38.9 Å². The predicted octanol–water partition coefficient (Wildman–Crippen LogP) is 1.88. The Morgan fingerprint density at radius 2 is 2.24 bits per heavy atom. The molecule has 2 saturated heterocycles. The van der Waals surface area contributed by atoms with E-state index in [0.717, 1.165) is 25.0 Å². The smallest absolute Gasteiger partial charge is 0.0666 e. The second-order valence-electron chi connectivity index (χ2n) is 6.01. The van der Waals surface area contributed by atoms with Crippen LogP contribution < -0.4 is 5.32 Å². The Balaban J connectivity index is 1.86. The fourth-order valence-corrected chi connectivity index (χ4v) is 3.31. The second-order valence-corrected chi connectivity index (χ2v) is 6.01. The molecule has 3 atom stereocenters. The molecule has 0 bridgehead atoms. The molecule has 0 radical (unpaired) electrons. The SMILES string of the molecule is CCC1(C)CC(N2CCC(CNC)C2)CCO1. The Labute approximate surface area is 106 Å². The van der Waals surface area contributed by atoms with Crippen LogP contribution in [-0.2, 0) is 4.74 Å². The molecule has 17 heavy (non-hydrogen) atoms. The van der Waals surface area contributed by atoms with E-state index in [-0.39, 0.29) is 5.60 Å². The summed E-state index contributed by atoms with van der Waals surface area (Å²) in [7, 11) is 2.06. The molecule has 0 aromatic rings. The van der Waals surface area contributed by atoms with Gasteiger partial charge in [0.15, 0.2) is 0 Å². The van der Waals surface area contributed by atoms with Crippen molar-refractivity contribution in [1.29, 1.82) is 0 Å². The molecule has 2 fully saturated rings. The first-order valence-electron chi connectivity index (χ1n) is 7.19. The van der Waals surface area contributed by atoms with Gasteiger partial charge in [-0.05, 0) is 58.7 Å². The number of likely N-dealkylation sites (tertiary alicyclic amines) is 1. The number of nitrogens with zero attached hydrogens (tertiary/aromatic N) is 1. The largest absolute Gasteiger partial charge is 0.375 e. The van der Waals surface area contributed by atoms with Crippen LogP contribution in [0.25, 0.3) is 0 Å². The normalized spacial score (nSPS) is 39.7. The Morgan fingerprint density at radius 3 is 2.94 bits per heavy atom. The van der Waals surface area contributed by atoms with Crippen LogP contribution in [-0.4, -0.2) is 49.8 Å². The Morgan fingerprint density at radius 1 is 1.41 bits per heavy atom. The van der Waals surface area contributed by atoms with Crippen molar-refractivity contribution in [1.82, 2.24) is 10.2 Å². The van der Waals surface area contributed by atoms with Crippen LogP contribution in [0.3, 0.4) is 0 Å². The summed E-state index contributed by atoms with van der Waals surface area (Å²) in [5, 5.41) is 3.31. The molecule has 2 aliphatic heterocycles. The molecule has 0 spiro atoms. The summed E-state index contributed by atoms with van der Waals surface area (Å²) in [5.74, 6) is 0.857. The van der Waals surface area contributed by atoms with E-state index in [1.54, 1.807) is 0 Å². The zero-order valence-corrected chi connectivity index (χ0v) is 11.7. The first kappa shape index (κ1) is 13.3. The monoisotopic (exact) mass is 240 g/mol. The minimum absolute atomic E-state index is 0.129. The highest BCUT2D eigenvalue weighted by Crippen LogP contribution is 2.32. The number of hydrogen-bond donors (Lipinski definition) is 1. The van der Waals surface area contributed by atoms with E-state index in [9.17, 15) is 0 Å². The molecule has 0 aromatic heterocycles. The maximum atomic E-state index is 5.94. The molecule has 0 aliphatic carbocycles. The summed E-state index contributed by atoms with van der Waals surface area (Å²) in [5.41, 5.74) is 0.129. The summed E-state index contributed by atoms with van der Waals surface area (Å²) < 4.78 is 5.94. The number of hydrogen-bond acceptors (Lipinski definition) is 3. The summed E-state index contributed by atoms with van der Waals surface area (Å²) in [6.07, 6.45) is 4.94. The van der Waals surface area contributed by atoms with Crippen molar-refractivity contribution in [3.8, 4) is 0 Å². The average Bonchev–Trinajstić information content (AvgIpc) is 2.78. The van der Waals surface area contributed by atoms with Crippen molar-refractivity contribution in [3.05, 3.63) is 0 Å². The van der Waals surface area contributed by atoms with Crippen LogP contribution in [0.5, 0.6) is 0 Å².